The third-order valence-electron chi connectivity index (χ3n) is 2.96. The standard InChI is InChI=1S/C13H14BrN3O2/c14-10-3-1-9(2-4-10)7-12-16-13(19-17-12)11-8-15-5-6-18-11/h1-4,11,15H,5-8H2. The molecule has 1 saturated heterocycles. The molecular weight excluding hydrogens is 310 g/mol. The van der Waals surface area contributed by atoms with Crippen LogP contribution < -0.4 is 5.32 Å². The van der Waals surface area contributed by atoms with Gasteiger partial charge in [-0.05, 0) is 17.7 Å². The summed E-state index contributed by atoms with van der Waals surface area (Å²) in [6.07, 6.45) is 0.539. The Balaban J connectivity index is 1.68. The average Bonchev–Trinajstić information content (AvgIpc) is 2.91. The van der Waals surface area contributed by atoms with E-state index in [1.165, 1.54) is 0 Å². The van der Waals surface area contributed by atoms with Crippen molar-refractivity contribution in [1.29, 1.82) is 0 Å². The van der Waals surface area contributed by atoms with Crippen molar-refractivity contribution in [2.24, 2.45) is 0 Å². The lowest BCUT2D eigenvalue weighted by atomic mass is 10.1. The maximum absolute atomic E-state index is 5.58. The monoisotopic (exact) mass is 323 g/mol. The second-order valence-corrected chi connectivity index (χ2v) is 5.33. The maximum Gasteiger partial charge on any atom is 0.257 e. The Bertz CT molecular complexity index is 535. The van der Waals surface area contributed by atoms with E-state index >= 15 is 0 Å². The van der Waals surface area contributed by atoms with E-state index in [1.807, 2.05) is 24.3 Å². The lowest BCUT2D eigenvalue weighted by Crippen LogP contribution is -2.33. The minimum absolute atomic E-state index is 0.125. The summed E-state index contributed by atoms with van der Waals surface area (Å²) in [4.78, 5) is 4.40. The van der Waals surface area contributed by atoms with Gasteiger partial charge in [-0.3, -0.25) is 0 Å². The normalized spacial score (nSPS) is 19.5. The van der Waals surface area contributed by atoms with Crippen LogP contribution in [0.1, 0.15) is 23.4 Å². The Morgan fingerprint density at radius 2 is 2.16 bits per heavy atom. The number of halogens is 1. The van der Waals surface area contributed by atoms with Gasteiger partial charge >= 0.3 is 0 Å². The molecule has 1 aliphatic heterocycles. The lowest BCUT2D eigenvalue weighted by Gasteiger charge is -2.19. The SMILES string of the molecule is Brc1ccc(Cc2noc(C3CNCCO3)n2)cc1. The summed E-state index contributed by atoms with van der Waals surface area (Å²) < 4.78 is 11.9. The molecule has 1 N–H and O–H groups in total. The Hall–Kier alpha value is -1.24. The molecule has 0 spiro atoms. The van der Waals surface area contributed by atoms with E-state index in [0.29, 0.717) is 24.7 Å². The number of nitrogens with zero attached hydrogens (tertiary/aromatic N) is 2. The van der Waals surface area contributed by atoms with Gasteiger partial charge in [0.05, 0.1) is 6.61 Å². The van der Waals surface area contributed by atoms with Gasteiger partial charge in [-0.2, -0.15) is 4.98 Å². The van der Waals surface area contributed by atoms with Crippen molar-refractivity contribution in [2.45, 2.75) is 12.5 Å². The number of benzene rings is 1. The summed E-state index contributed by atoms with van der Waals surface area (Å²) >= 11 is 3.41. The molecule has 1 aromatic carbocycles. The van der Waals surface area contributed by atoms with Gasteiger partial charge in [0.25, 0.3) is 5.89 Å². The average molecular weight is 324 g/mol. The highest BCUT2D eigenvalue weighted by atomic mass is 79.9. The Kier molecular flexibility index (Phi) is 3.91. The van der Waals surface area contributed by atoms with Crippen LogP contribution in [0.15, 0.2) is 33.3 Å². The summed E-state index contributed by atoms with van der Waals surface area (Å²) in [5.41, 5.74) is 1.15. The molecule has 5 nitrogen and oxygen atoms in total. The molecule has 100 valence electrons. The smallest absolute Gasteiger partial charge is 0.257 e. The minimum atomic E-state index is -0.125. The molecule has 19 heavy (non-hydrogen) atoms. The van der Waals surface area contributed by atoms with Crippen LogP contribution in [0.5, 0.6) is 0 Å². The summed E-state index contributed by atoms with van der Waals surface area (Å²) in [6, 6.07) is 8.09. The summed E-state index contributed by atoms with van der Waals surface area (Å²) in [5.74, 6) is 1.24. The summed E-state index contributed by atoms with van der Waals surface area (Å²) in [5, 5.41) is 7.24. The zero-order valence-corrected chi connectivity index (χ0v) is 11.9. The quantitative estimate of drug-likeness (QED) is 0.937. The Labute approximate surface area is 119 Å². The van der Waals surface area contributed by atoms with Crippen LogP contribution >= 0.6 is 15.9 Å². The number of ether oxygens (including phenoxy) is 1. The van der Waals surface area contributed by atoms with Crippen molar-refractivity contribution in [3.05, 3.63) is 46.0 Å². The number of hydrogen-bond donors (Lipinski definition) is 1. The molecule has 1 atom stereocenters. The van der Waals surface area contributed by atoms with Gasteiger partial charge in [-0.25, -0.2) is 0 Å². The molecule has 0 bridgehead atoms. The number of aromatic nitrogens is 2. The first kappa shape index (κ1) is 12.8. The molecule has 0 amide bonds. The predicted octanol–water partition coefficient (Wildman–Crippen LogP) is 2.08. The zero-order valence-electron chi connectivity index (χ0n) is 10.3. The molecule has 0 saturated carbocycles. The first-order valence-electron chi connectivity index (χ1n) is 6.20. The van der Waals surface area contributed by atoms with E-state index in [1.54, 1.807) is 0 Å². The van der Waals surface area contributed by atoms with Gasteiger partial charge in [-0.1, -0.05) is 33.2 Å². The fourth-order valence-corrected chi connectivity index (χ4v) is 2.24. The van der Waals surface area contributed by atoms with Gasteiger partial charge < -0.3 is 14.6 Å². The van der Waals surface area contributed by atoms with E-state index in [4.69, 9.17) is 9.26 Å². The van der Waals surface area contributed by atoms with Crippen LogP contribution in [0.25, 0.3) is 0 Å². The van der Waals surface area contributed by atoms with E-state index < -0.39 is 0 Å². The van der Waals surface area contributed by atoms with Crippen LogP contribution in [0.3, 0.4) is 0 Å². The molecule has 6 heteroatoms. The van der Waals surface area contributed by atoms with Gasteiger partial charge in [0.2, 0.25) is 0 Å². The number of morpholine rings is 1. The predicted molar refractivity (Wildman–Crippen MR) is 72.8 cm³/mol. The fourth-order valence-electron chi connectivity index (χ4n) is 1.98. The number of hydrogen-bond acceptors (Lipinski definition) is 5. The first-order chi connectivity index (χ1) is 9.31. The second-order valence-electron chi connectivity index (χ2n) is 4.42. The minimum Gasteiger partial charge on any atom is -0.366 e. The third kappa shape index (κ3) is 3.20. The molecule has 0 aliphatic carbocycles. The first-order valence-corrected chi connectivity index (χ1v) is 7.00. The van der Waals surface area contributed by atoms with E-state index in [0.717, 1.165) is 23.1 Å². The highest BCUT2D eigenvalue weighted by Crippen LogP contribution is 2.18. The Morgan fingerprint density at radius 3 is 2.89 bits per heavy atom. The van der Waals surface area contributed by atoms with Crippen LogP contribution in [0, 0.1) is 0 Å². The number of rotatable bonds is 3. The molecule has 1 aromatic heterocycles. The third-order valence-corrected chi connectivity index (χ3v) is 3.49. The van der Waals surface area contributed by atoms with Crippen molar-refractivity contribution in [3.63, 3.8) is 0 Å². The van der Waals surface area contributed by atoms with Gasteiger partial charge in [-0.15, -0.1) is 0 Å². The molecule has 1 aliphatic rings. The lowest BCUT2D eigenvalue weighted by molar-refractivity contribution is 0.00755. The molecule has 1 unspecified atom stereocenters. The van der Waals surface area contributed by atoms with E-state index in [-0.39, 0.29) is 6.10 Å². The summed E-state index contributed by atoms with van der Waals surface area (Å²) in [7, 11) is 0. The summed E-state index contributed by atoms with van der Waals surface area (Å²) in [6.45, 7) is 2.27. The second kappa shape index (κ2) is 5.81. The number of nitrogens with one attached hydrogen (secondary N) is 1. The fraction of sp³-hybridized carbons (Fsp3) is 0.385. The maximum atomic E-state index is 5.58. The van der Waals surface area contributed by atoms with Crippen molar-refractivity contribution in [2.75, 3.05) is 19.7 Å². The van der Waals surface area contributed by atoms with Crippen molar-refractivity contribution < 1.29 is 9.26 Å². The van der Waals surface area contributed by atoms with Crippen molar-refractivity contribution in [1.82, 2.24) is 15.5 Å². The van der Waals surface area contributed by atoms with Crippen LogP contribution in [0.2, 0.25) is 0 Å². The van der Waals surface area contributed by atoms with Crippen LogP contribution in [-0.4, -0.2) is 29.8 Å². The van der Waals surface area contributed by atoms with Crippen LogP contribution in [0.4, 0.5) is 0 Å². The highest BCUT2D eigenvalue weighted by Gasteiger charge is 2.22. The van der Waals surface area contributed by atoms with E-state index in [9.17, 15) is 0 Å². The van der Waals surface area contributed by atoms with Gasteiger partial charge in [0, 0.05) is 24.0 Å². The molecular formula is C13H14BrN3O2. The topological polar surface area (TPSA) is 60.2 Å². The molecule has 0 radical (unpaired) electrons. The largest absolute Gasteiger partial charge is 0.366 e. The van der Waals surface area contributed by atoms with Crippen molar-refractivity contribution in [3.8, 4) is 0 Å². The molecule has 2 aromatic rings. The van der Waals surface area contributed by atoms with Crippen LogP contribution in [-0.2, 0) is 11.2 Å². The molecule has 1 fully saturated rings. The van der Waals surface area contributed by atoms with Gasteiger partial charge in [0.15, 0.2) is 5.82 Å². The highest BCUT2D eigenvalue weighted by molar-refractivity contribution is 9.10. The van der Waals surface area contributed by atoms with Gasteiger partial charge in [0.1, 0.15) is 6.10 Å². The van der Waals surface area contributed by atoms with E-state index in [2.05, 4.69) is 31.4 Å². The molecule has 2 heterocycles. The Morgan fingerprint density at radius 1 is 1.32 bits per heavy atom. The zero-order chi connectivity index (χ0) is 13.1. The van der Waals surface area contributed by atoms with Crippen molar-refractivity contribution >= 4 is 15.9 Å². The molecule has 3 rings (SSSR count).